The molecule has 3 aromatic heterocycles. The van der Waals surface area contributed by atoms with Crippen molar-refractivity contribution in [2.24, 2.45) is 0 Å². The minimum atomic E-state index is -0.0655. The Kier molecular flexibility index (Phi) is 5.33. The predicted octanol–water partition coefficient (Wildman–Crippen LogP) is 12.2. The summed E-state index contributed by atoms with van der Waals surface area (Å²) >= 11 is 1.83. The van der Waals surface area contributed by atoms with Crippen LogP contribution in [-0.4, -0.2) is 14.5 Å². The summed E-state index contributed by atoms with van der Waals surface area (Å²) in [6.45, 7) is 4.70. The fraction of sp³-hybridized carbons (Fsp3) is 0.0667. The number of fused-ring (bicyclic) bond motifs is 13. The Hall–Kier alpha value is -5.84. The van der Waals surface area contributed by atoms with E-state index in [1.807, 2.05) is 23.5 Å². The van der Waals surface area contributed by atoms with Crippen LogP contribution in [0.4, 0.5) is 0 Å². The van der Waals surface area contributed by atoms with Crippen molar-refractivity contribution in [1.29, 1.82) is 0 Å². The zero-order valence-electron chi connectivity index (χ0n) is 27.0. The predicted molar refractivity (Wildman–Crippen MR) is 207 cm³/mol. The van der Waals surface area contributed by atoms with E-state index in [0.717, 1.165) is 39.1 Å². The van der Waals surface area contributed by atoms with Crippen LogP contribution in [0.2, 0.25) is 0 Å². The van der Waals surface area contributed by atoms with Gasteiger partial charge in [0.2, 0.25) is 0 Å². The van der Waals surface area contributed by atoms with Crippen molar-refractivity contribution in [2.45, 2.75) is 19.3 Å². The van der Waals surface area contributed by atoms with Gasteiger partial charge in [-0.05, 0) is 58.0 Å². The first-order chi connectivity index (χ1) is 24.1. The maximum absolute atomic E-state index is 5.46. The van der Waals surface area contributed by atoms with Crippen molar-refractivity contribution < 1.29 is 0 Å². The van der Waals surface area contributed by atoms with Crippen LogP contribution >= 0.6 is 11.3 Å². The first-order valence-electron chi connectivity index (χ1n) is 16.8. The summed E-state index contributed by atoms with van der Waals surface area (Å²) in [6.07, 6.45) is 0. The van der Waals surface area contributed by atoms with Gasteiger partial charge in [-0.2, -0.15) is 0 Å². The highest BCUT2D eigenvalue weighted by Crippen LogP contribution is 2.52. The van der Waals surface area contributed by atoms with E-state index >= 15 is 0 Å². The second-order valence-corrected chi connectivity index (χ2v) is 14.8. The molecule has 49 heavy (non-hydrogen) atoms. The van der Waals surface area contributed by atoms with Gasteiger partial charge in [0.25, 0.3) is 0 Å². The SMILES string of the molecule is CC1(C)c2ccccc2-c2c1ccc1c2ccc2c3ccccc3n(-c3nc4ccccc4nc3-c3ccc4c(c3)sc3ccccc34)c12. The zero-order chi connectivity index (χ0) is 32.4. The molecule has 0 saturated carbocycles. The number of hydrogen-bond acceptors (Lipinski definition) is 3. The molecule has 1 aliphatic rings. The van der Waals surface area contributed by atoms with Crippen molar-refractivity contribution in [3.8, 4) is 28.2 Å². The minimum absolute atomic E-state index is 0.0655. The fourth-order valence-electron chi connectivity index (χ4n) is 8.50. The number of benzene rings is 7. The second kappa shape index (κ2) is 9.62. The second-order valence-electron chi connectivity index (χ2n) is 13.8. The van der Waals surface area contributed by atoms with Crippen LogP contribution in [0.3, 0.4) is 0 Å². The Morgan fingerprint density at radius 1 is 0.531 bits per heavy atom. The average Bonchev–Trinajstić information content (AvgIpc) is 3.76. The minimum Gasteiger partial charge on any atom is -0.291 e. The Labute approximate surface area is 286 Å². The van der Waals surface area contributed by atoms with Gasteiger partial charge in [0.15, 0.2) is 5.82 Å². The third-order valence-electron chi connectivity index (χ3n) is 10.8. The van der Waals surface area contributed by atoms with Crippen molar-refractivity contribution in [1.82, 2.24) is 14.5 Å². The number of rotatable bonds is 2. The summed E-state index contributed by atoms with van der Waals surface area (Å²) in [4.78, 5) is 10.8. The molecule has 0 fully saturated rings. The normalized spacial score (nSPS) is 13.7. The van der Waals surface area contributed by atoms with Crippen LogP contribution in [0.5, 0.6) is 0 Å². The molecule has 0 aliphatic heterocycles. The molecule has 3 heterocycles. The summed E-state index contributed by atoms with van der Waals surface area (Å²) in [5.41, 5.74) is 11.4. The highest BCUT2D eigenvalue weighted by Gasteiger charge is 2.36. The number of nitrogens with zero attached hydrogens (tertiary/aromatic N) is 3. The van der Waals surface area contributed by atoms with Crippen LogP contribution in [0.1, 0.15) is 25.0 Å². The van der Waals surface area contributed by atoms with E-state index in [0.29, 0.717) is 0 Å². The quantitative estimate of drug-likeness (QED) is 0.188. The average molecular weight is 644 g/mol. The number of aromatic nitrogens is 3. The molecular weight excluding hydrogens is 615 g/mol. The lowest BCUT2D eigenvalue weighted by Crippen LogP contribution is -2.14. The molecule has 230 valence electrons. The molecule has 0 radical (unpaired) electrons. The van der Waals surface area contributed by atoms with Crippen molar-refractivity contribution in [2.75, 3.05) is 0 Å². The number of hydrogen-bond donors (Lipinski definition) is 0. The van der Waals surface area contributed by atoms with Crippen molar-refractivity contribution in [3.63, 3.8) is 0 Å². The van der Waals surface area contributed by atoms with Crippen molar-refractivity contribution in [3.05, 3.63) is 151 Å². The highest BCUT2D eigenvalue weighted by atomic mass is 32.1. The van der Waals surface area contributed by atoms with Crippen LogP contribution in [0.15, 0.2) is 140 Å². The maximum Gasteiger partial charge on any atom is 0.165 e. The van der Waals surface area contributed by atoms with E-state index in [1.54, 1.807) is 0 Å². The molecule has 7 aromatic carbocycles. The lowest BCUT2D eigenvalue weighted by molar-refractivity contribution is 0.661. The molecule has 0 saturated heterocycles. The molecule has 0 atom stereocenters. The molecule has 0 amide bonds. The number of thiophene rings is 1. The molecule has 11 rings (SSSR count). The van der Waals surface area contributed by atoms with Gasteiger partial charge in [0.1, 0.15) is 5.69 Å². The molecule has 4 heteroatoms. The fourth-order valence-corrected chi connectivity index (χ4v) is 9.65. The van der Waals surface area contributed by atoms with Gasteiger partial charge in [-0.15, -0.1) is 11.3 Å². The molecule has 0 spiro atoms. The lowest BCUT2D eigenvalue weighted by atomic mass is 9.82. The van der Waals surface area contributed by atoms with E-state index in [9.17, 15) is 0 Å². The molecule has 0 unspecified atom stereocenters. The summed E-state index contributed by atoms with van der Waals surface area (Å²) in [5, 5.41) is 7.50. The first kappa shape index (κ1) is 27.1. The summed E-state index contributed by atoms with van der Waals surface area (Å²) in [5.74, 6) is 0.846. The van der Waals surface area contributed by atoms with Gasteiger partial charge in [0.05, 0.1) is 22.1 Å². The number of para-hydroxylation sites is 3. The molecule has 3 nitrogen and oxygen atoms in total. The Bertz CT molecular complexity index is 3030. The topological polar surface area (TPSA) is 30.7 Å². The molecule has 10 aromatic rings. The molecular formula is C45H29N3S. The molecule has 1 aliphatic carbocycles. The van der Waals surface area contributed by atoms with E-state index in [2.05, 4.69) is 146 Å². The van der Waals surface area contributed by atoms with Gasteiger partial charge in [0, 0.05) is 47.3 Å². The maximum atomic E-state index is 5.46. The van der Waals surface area contributed by atoms with E-state index in [1.165, 1.54) is 64.0 Å². The molecule has 0 bridgehead atoms. The monoisotopic (exact) mass is 643 g/mol. The summed E-state index contributed by atoms with van der Waals surface area (Å²) in [7, 11) is 0. The Morgan fingerprint density at radius 3 is 2.08 bits per heavy atom. The van der Waals surface area contributed by atoms with Crippen LogP contribution in [0, 0.1) is 0 Å². The van der Waals surface area contributed by atoms with Gasteiger partial charge in [-0.25, -0.2) is 9.97 Å². The largest absolute Gasteiger partial charge is 0.291 e. The van der Waals surface area contributed by atoms with Crippen molar-refractivity contribution >= 4 is 75.1 Å². The smallest absolute Gasteiger partial charge is 0.165 e. The van der Waals surface area contributed by atoms with Crippen LogP contribution in [-0.2, 0) is 5.41 Å². The summed E-state index contributed by atoms with van der Waals surface area (Å²) < 4.78 is 4.93. The zero-order valence-corrected chi connectivity index (χ0v) is 27.8. The third-order valence-corrected chi connectivity index (χ3v) is 11.9. The first-order valence-corrected chi connectivity index (χ1v) is 17.7. The summed E-state index contributed by atoms with van der Waals surface area (Å²) in [6, 6.07) is 50.7. The van der Waals surface area contributed by atoms with Gasteiger partial charge < -0.3 is 0 Å². The van der Waals surface area contributed by atoms with Gasteiger partial charge in [-0.1, -0.05) is 123 Å². The van der Waals surface area contributed by atoms with E-state index in [-0.39, 0.29) is 5.41 Å². The van der Waals surface area contributed by atoms with Crippen LogP contribution < -0.4 is 0 Å². The Morgan fingerprint density at radius 2 is 1.18 bits per heavy atom. The third kappa shape index (κ3) is 3.61. The van der Waals surface area contributed by atoms with Gasteiger partial charge in [-0.3, -0.25) is 4.57 Å². The Balaban J connectivity index is 1.28. The highest BCUT2D eigenvalue weighted by molar-refractivity contribution is 7.25. The standard InChI is InChI=1S/C45H29N3S/c1-45(2)34-14-6-3-13-33(34)41-30-21-22-31-27-11-4-9-17-38(27)48(43(31)32(30)23-24-35(41)45)44-42(46-36-15-7-8-16-37(36)47-44)26-19-20-29-28-12-5-10-18-39(28)49-40(29)25-26/h3-25H,1-2H3. The van der Waals surface area contributed by atoms with E-state index in [4.69, 9.17) is 9.97 Å². The van der Waals surface area contributed by atoms with Gasteiger partial charge >= 0.3 is 0 Å². The molecule has 0 N–H and O–H groups in total. The van der Waals surface area contributed by atoms with Crippen LogP contribution in [0.25, 0.3) is 92.0 Å². The lowest BCUT2D eigenvalue weighted by Gasteiger charge is -2.21. The van der Waals surface area contributed by atoms with E-state index < -0.39 is 0 Å².